The maximum absolute atomic E-state index is 12.1. The van der Waals surface area contributed by atoms with E-state index in [0.717, 1.165) is 18.9 Å². The molecule has 2 N–H and O–H groups in total. The van der Waals surface area contributed by atoms with Gasteiger partial charge in [0.2, 0.25) is 0 Å². The number of carbonyl (C=O) groups excluding carboxylic acids is 1. The van der Waals surface area contributed by atoms with Gasteiger partial charge < -0.3 is 20.3 Å². The van der Waals surface area contributed by atoms with Crippen molar-refractivity contribution in [2.24, 2.45) is 0 Å². The molecule has 0 spiro atoms. The lowest BCUT2D eigenvalue weighted by Gasteiger charge is -2.41. The molecule has 1 heterocycles. The molecule has 1 aliphatic heterocycles. The third-order valence-corrected chi connectivity index (χ3v) is 6.49. The summed E-state index contributed by atoms with van der Waals surface area (Å²) in [6, 6.07) is 2.28. The minimum Gasteiger partial charge on any atom is -0.444 e. The van der Waals surface area contributed by atoms with E-state index in [1.807, 2.05) is 20.8 Å². The van der Waals surface area contributed by atoms with Crippen LogP contribution in [0, 0.1) is 0 Å². The van der Waals surface area contributed by atoms with E-state index in [1.54, 1.807) is 0 Å². The zero-order valence-electron chi connectivity index (χ0n) is 17.8. The molecule has 3 fully saturated rings. The summed E-state index contributed by atoms with van der Waals surface area (Å²) in [5, 5.41) is 7.00. The highest BCUT2D eigenvalue weighted by Gasteiger charge is 2.30. The molecule has 5 nitrogen and oxygen atoms in total. The molecule has 0 bridgehead atoms. The predicted molar refractivity (Wildman–Crippen MR) is 110 cm³/mol. The van der Waals surface area contributed by atoms with Crippen molar-refractivity contribution in [3.05, 3.63) is 0 Å². The lowest BCUT2D eigenvalue weighted by atomic mass is 9.89. The highest BCUT2D eigenvalue weighted by molar-refractivity contribution is 5.68. The summed E-state index contributed by atoms with van der Waals surface area (Å²) >= 11 is 0. The number of hydrogen-bond donors (Lipinski definition) is 2. The number of ether oxygens (including phenoxy) is 1. The van der Waals surface area contributed by atoms with Gasteiger partial charge in [0.25, 0.3) is 0 Å². The smallest absolute Gasteiger partial charge is 0.407 e. The van der Waals surface area contributed by atoms with E-state index in [-0.39, 0.29) is 12.1 Å². The van der Waals surface area contributed by atoms with Gasteiger partial charge in [-0.05, 0) is 85.2 Å². The van der Waals surface area contributed by atoms with Crippen molar-refractivity contribution in [3.8, 4) is 0 Å². The summed E-state index contributed by atoms with van der Waals surface area (Å²) in [5.41, 5.74) is -0.428. The summed E-state index contributed by atoms with van der Waals surface area (Å²) in [6.07, 6.45) is 13.9. The minimum atomic E-state index is -0.428. The van der Waals surface area contributed by atoms with Crippen LogP contribution >= 0.6 is 0 Å². The molecule has 1 amide bonds. The second-order valence-corrected chi connectivity index (χ2v) is 9.98. The molecule has 2 aliphatic carbocycles. The molecule has 0 unspecified atom stereocenters. The Hall–Kier alpha value is -0.810. The standard InChI is InChI=1S/C22H41N3O2/c1-22(2,3)27-21(26)24-19-9-7-8-18(16-19)23-17-12-14-25(15-13-17)20-10-5-4-6-11-20/h17-20,23H,4-16H2,1-3H3,(H,24,26)/t18-,19-/m0/s1. The van der Waals surface area contributed by atoms with Crippen molar-refractivity contribution in [1.29, 1.82) is 0 Å². The largest absolute Gasteiger partial charge is 0.444 e. The van der Waals surface area contributed by atoms with Gasteiger partial charge in [0.15, 0.2) is 0 Å². The number of alkyl carbamates (subject to hydrolysis) is 1. The Morgan fingerprint density at radius 1 is 0.852 bits per heavy atom. The average molecular weight is 380 g/mol. The Balaban J connectivity index is 1.37. The molecule has 0 aromatic heterocycles. The molecule has 2 saturated carbocycles. The van der Waals surface area contributed by atoms with Crippen LogP contribution in [0.3, 0.4) is 0 Å². The first-order chi connectivity index (χ1) is 12.9. The van der Waals surface area contributed by atoms with Gasteiger partial charge in [0, 0.05) is 24.2 Å². The molecule has 2 atom stereocenters. The molecular formula is C22H41N3O2. The molecule has 156 valence electrons. The van der Waals surface area contributed by atoms with Gasteiger partial charge in [-0.15, -0.1) is 0 Å². The molecule has 0 aromatic rings. The quantitative estimate of drug-likeness (QED) is 0.768. The van der Waals surface area contributed by atoms with E-state index in [1.165, 1.54) is 70.9 Å². The normalized spacial score (nSPS) is 29.4. The first-order valence-electron chi connectivity index (χ1n) is 11.4. The minimum absolute atomic E-state index is 0.244. The Morgan fingerprint density at radius 2 is 1.52 bits per heavy atom. The summed E-state index contributed by atoms with van der Waals surface area (Å²) in [7, 11) is 0. The number of nitrogens with one attached hydrogen (secondary N) is 2. The third-order valence-electron chi connectivity index (χ3n) is 6.49. The number of nitrogens with zero attached hydrogens (tertiary/aromatic N) is 1. The first kappa shape index (κ1) is 20.9. The first-order valence-corrected chi connectivity index (χ1v) is 11.4. The van der Waals surface area contributed by atoms with Gasteiger partial charge in [0.1, 0.15) is 5.60 Å². The number of hydrogen-bond acceptors (Lipinski definition) is 4. The molecule has 5 heteroatoms. The summed E-state index contributed by atoms with van der Waals surface area (Å²) in [6.45, 7) is 8.26. The number of piperidine rings is 1. The maximum Gasteiger partial charge on any atom is 0.407 e. The Bertz CT molecular complexity index is 463. The third kappa shape index (κ3) is 6.94. The number of amides is 1. The van der Waals surface area contributed by atoms with Crippen LogP contribution in [-0.2, 0) is 4.74 Å². The van der Waals surface area contributed by atoms with Crippen molar-refractivity contribution in [2.75, 3.05) is 13.1 Å². The van der Waals surface area contributed by atoms with E-state index in [2.05, 4.69) is 15.5 Å². The topological polar surface area (TPSA) is 53.6 Å². The Labute approximate surface area is 166 Å². The van der Waals surface area contributed by atoms with Crippen LogP contribution in [-0.4, -0.2) is 53.9 Å². The molecule has 27 heavy (non-hydrogen) atoms. The van der Waals surface area contributed by atoms with E-state index in [0.29, 0.717) is 12.1 Å². The van der Waals surface area contributed by atoms with Crippen molar-refractivity contribution in [2.45, 2.75) is 121 Å². The fraction of sp³-hybridized carbons (Fsp3) is 0.955. The number of likely N-dealkylation sites (tertiary alicyclic amines) is 1. The zero-order chi connectivity index (χ0) is 19.3. The van der Waals surface area contributed by atoms with Crippen molar-refractivity contribution in [3.63, 3.8) is 0 Å². The Kier molecular flexibility index (Phi) is 7.43. The van der Waals surface area contributed by atoms with Crippen LogP contribution in [0.1, 0.15) is 91.4 Å². The van der Waals surface area contributed by atoms with Crippen LogP contribution < -0.4 is 10.6 Å². The van der Waals surface area contributed by atoms with Gasteiger partial charge in [-0.1, -0.05) is 19.3 Å². The van der Waals surface area contributed by atoms with Crippen molar-refractivity contribution in [1.82, 2.24) is 15.5 Å². The zero-order valence-corrected chi connectivity index (χ0v) is 17.8. The second kappa shape index (κ2) is 9.60. The summed E-state index contributed by atoms with van der Waals surface area (Å²) in [4.78, 5) is 14.8. The fourth-order valence-corrected chi connectivity index (χ4v) is 5.16. The van der Waals surface area contributed by atoms with Gasteiger partial charge in [0.05, 0.1) is 0 Å². The van der Waals surface area contributed by atoms with Crippen molar-refractivity contribution >= 4 is 6.09 Å². The number of rotatable bonds is 4. The van der Waals surface area contributed by atoms with Crippen LogP contribution in [0.4, 0.5) is 4.79 Å². The van der Waals surface area contributed by atoms with Gasteiger partial charge in [-0.3, -0.25) is 0 Å². The van der Waals surface area contributed by atoms with Gasteiger partial charge in [-0.25, -0.2) is 4.79 Å². The lowest BCUT2D eigenvalue weighted by Crippen LogP contribution is -2.52. The SMILES string of the molecule is CC(C)(C)OC(=O)N[C@H]1CCC[C@H](NC2CCN(C3CCCCC3)CC2)C1. The molecule has 1 saturated heterocycles. The number of carbonyl (C=O) groups is 1. The highest BCUT2D eigenvalue weighted by atomic mass is 16.6. The monoisotopic (exact) mass is 379 g/mol. The fourth-order valence-electron chi connectivity index (χ4n) is 5.16. The van der Waals surface area contributed by atoms with E-state index < -0.39 is 5.60 Å². The molecule has 0 aromatic carbocycles. The predicted octanol–water partition coefficient (Wildman–Crippen LogP) is 4.21. The van der Waals surface area contributed by atoms with E-state index >= 15 is 0 Å². The lowest BCUT2D eigenvalue weighted by molar-refractivity contribution is 0.0486. The molecule has 3 aliphatic rings. The molecular weight excluding hydrogens is 338 g/mol. The molecule has 3 rings (SSSR count). The van der Waals surface area contributed by atoms with Crippen LogP contribution in [0.5, 0.6) is 0 Å². The molecule has 0 radical (unpaired) electrons. The summed E-state index contributed by atoms with van der Waals surface area (Å²) in [5.74, 6) is 0. The van der Waals surface area contributed by atoms with Crippen molar-refractivity contribution < 1.29 is 9.53 Å². The highest BCUT2D eigenvalue weighted by Crippen LogP contribution is 2.26. The van der Waals surface area contributed by atoms with Crippen LogP contribution in [0.2, 0.25) is 0 Å². The van der Waals surface area contributed by atoms with Crippen LogP contribution in [0.25, 0.3) is 0 Å². The second-order valence-electron chi connectivity index (χ2n) is 9.98. The van der Waals surface area contributed by atoms with Gasteiger partial charge in [-0.2, -0.15) is 0 Å². The maximum atomic E-state index is 12.1. The van der Waals surface area contributed by atoms with Gasteiger partial charge >= 0.3 is 6.09 Å². The van der Waals surface area contributed by atoms with E-state index in [4.69, 9.17) is 4.74 Å². The Morgan fingerprint density at radius 3 is 2.19 bits per heavy atom. The average Bonchev–Trinajstić information content (AvgIpc) is 2.62. The van der Waals surface area contributed by atoms with Crippen LogP contribution in [0.15, 0.2) is 0 Å². The summed E-state index contributed by atoms with van der Waals surface area (Å²) < 4.78 is 5.42. The van der Waals surface area contributed by atoms with E-state index in [9.17, 15) is 4.79 Å².